The van der Waals surface area contributed by atoms with Crippen LogP contribution in [0.25, 0.3) is 0 Å². The maximum Gasteiger partial charge on any atom is 0.243 e. The number of hydrogen-bond acceptors (Lipinski definition) is 2. The second-order valence-electron chi connectivity index (χ2n) is 5.60. The highest BCUT2D eigenvalue weighted by Gasteiger charge is 2.36. The number of rotatable bonds is 4. The molecule has 0 spiro atoms. The van der Waals surface area contributed by atoms with E-state index in [0.29, 0.717) is 12.4 Å². The van der Waals surface area contributed by atoms with Gasteiger partial charge in [0.25, 0.3) is 0 Å². The molecule has 1 aliphatic rings. The van der Waals surface area contributed by atoms with E-state index in [9.17, 15) is 12.8 Å². The van der Waals surface area contributed by atoms with Gasteiger partial charge in [0.05, 0.1) is 10.9 Å². The molecule has 0 unspecified atom stereocenters. The van der Waals surface area contributed by atoms with E-state index in [1.54, 1.807) is 36.4 Å². The molecule has 0 N–H and O–H groups in total. The summed E-state index contributed by atoms with van der Waals surface area (Å²) in [5.74, 6) is 0.0280. The maximum absolute atomic E-state index is 13.1. The summed E-state index contributed by atoms with van der Waals surface area (Å²) in [5.41, 5.74) is 1.70. The zero-order chi connectivity index (χ0) is 16.4. The fourth-order valence-corrected chi connectivity index (χ4v) is 4.79. The number of hydrogen-bond donors (Lipinski definition) is 0. The average molecular weight is 354 g/mol. The molecule has 1 saturated heterocycles. The summed E-state index contributed by atoms with van der Waals surface area (Å²) in [5, 5.41) is 0. The highest BCUT2D eigenvalue weighted by atomic mass is 35.5. The van der Waals surface area contributed by atoms with Crippen LogP contribution in [0.5, 0.6) is 0 Å². The molecule has 0 amide bonds. The van der Waals surface area contributed by atoms with Crippen LogP contribution in [0.3, 0.4) is 0 Å². The van der Waals surface area contributed by atoms with Gasteiger partial charge in [-0.25, -0.2) is 12.8 Å². The molecule has 122 valence electrons. The number of benzene rings is 2. The van der Waals surface area contributed by atoms with Crippen molar-refractivity contribution in [2.75, 3.05) is 6.54 Å². The molecule has 3 nitrogen and oxygen atoms in total. The highest BCUT2D eigenvalue weighted by molar-refractivity contribution is 7.89. The Bertz CT molecular complexity index is 775. The topological polar surface area (TPSA) is 37.4 Å². The molecule has 6 heteroatoms. The Balaban J connectivity index is 1.92. The second-order valence-corrected chi connectivity index (χ2v) is 7.76. The molecule has 0 saturated carbocycles. The third-order valence-corrected chi connectivity index (χ3v) is 6.37. The average Bonchev–Trinajstić information content (AvgIpc) is 3.06. The summed E-state index contributed by atoms with van der Waals surface area (Å²) in [6.45, 7) is 0.474. The van der Waals surface area contributed by atoms with Crippen LogP contribution < -0.4 is 0 Å². The fourth-order valence-electron chi connectivity index (χ4n) is 2.93. The first-order valence-electron chi connectivity index (χ1n) is 7.44. The summed E-state index contributed by atoms with van der Waals surface area (Å²) >= 11 is 5.75. The Kier molecular flexibility index (Phi) is 4.71. The molecule has 1 heterocycles. The number of alkyl halides is 1. The van der Waals surface area contributed by atoms with Crippen LogP contribution in [0, 0.1) is 5.82 Å². The summed E-state index contributed by atoms with van der Waals surface area (Å²) in [6, 6.07) is 12.4. The summed E-state index contributed by atoms with van der Waals surface area (Å²) in [6.07, 6.45) is 1.53. The SMILES string of the molecule is O=S(=O)(c1ccc(CCl)cc1)N1CCC[C@H]1c1ccc(F)cc1. The van der Waals surface area contributed by atoms with E-state index in [1.807, 2.05) is 0 Å². The van der Waals surface area contributed by atoms with Gasteiger partial charge in [-0.1, -0.05) is 24.3 Å². The Morgan fingerprint density at radius 3 is 2.35 bits per heavy atom. The van der Waals surface area contributed by atoms with Crippen molar-refractivity contribution in [1.29, 1.82) is 0 Å². The third kappa shape index (κ3) is 3.27. The van der Waals surface area contributed by atoms with Crippen LogP contribution in [0.15, 0.2) is 53.4 Å². The van der Waals surface area contributed by atoms with Crippen LogP contribution >= 0.6 is 11.6 Å². The van der Waals surface area contributed by atoms with Crippen molar-refractivity contribution in [3.05, 3.63) is 65.5 Å². The van der Waals surface area contributed by atoms with Gasteiger partial charge < -0.3 is 0 Å². The molecule has 1 aliphatic heterocycles. The van der Waals surface area contributed by atoms with Gasteiger partial charge in [-0.05, 0) is 48.2 Å². The lowest BCUT2D eigenvalue weighted by atomic mass is 10.1. The Morgan fingerprint density at radius 1 is 1.09 bits per heavy atom. The lowest BCUT2D eigenvalue weighted by Gasteiger charge is -2.24. The van der Waals surface area contributed by atoms with Crippen molar-refractivity contribution in [3.8, 4) is 0 Å². The molecule has 0 bridgehead atoms. The first-order chi connectivity index (χ1) is 11.0. The zero-order valence-electron chi connectivity index (χ0n) is 12.5. The second kappa shape index (κ2) is 6.59. The Morgan fingerprint density at radius 2 is 1.74 bits per heavy atom. The lowest BCUT2D eigenvalue weighted by molar-refractivity contribution is 0.396. The lowest BCUT2D eigenvalue weighted by Crippen LogP contribution is -2.30. The van der Waals surface area contributed by atoms with E-state index in [1.165, 1.54) is 16.4 Å². The van der Waals surface area contributed by atoms with Crippen molar-refractivity contribution in [1.82, 2.24) is 4.31 Å². The molecule has 0 radical (unpaired) electrons. The largest absolute Gasteiger partial charge is 0.243 e. The van der Waals surface area contributed by atoms with Gasteiger partial charge in [0.2, 0.25) is 10.0 Å². The van der Waals surface area contributed by atoms with E-state index < -0.39 is 10.0 Å². The number of sulfonamides is 1. The highest BCUT2D eigenvalue weighted by Crippen LogP contribution is 2.36. The fraction of sp³-hybridized carbons (Fsp3) is 0.294. The van der Waals surface area contributed by atoms with Crippen LogP contribution in [-0.2, 0) is 15.9 Å². The van der Waals surface area contributed by atoms with E-state index in [4.69, 9.17) is 11.6 Å². The van der Waals surface area contributed by atoms with Gasteiger partial charge in [-0.2, -0.15) is 4.31 Å². The molecule has 1 atom stereocenters. The normalized spacial score (nSPS) is 19.1. The smallest absolute Gasteiger partial charge is 0.207 e. The predicted octanol–water partition coefficient (Wildman–Crippen LogP) is 4.09. The minimum Gasteiger partial charge on any atom is -0.207 e. The van der Waals surface area contributed by atoms with Gasteiger partial charge in [-0.15, -0.1) is 11.6 Å². The van der Waals surface area contributed by atoms with Crippen molar-refractivity contribution in [3.63, 3.8) is 0 Å². The zero-order valence-corrected chi connectivity index (χ0v) is 14.0. The summed E-state index contributed by atoms with van der Waals surface area (Å²) in [7, 11) is -3.57. The van der Waals surface area contributed by atoms with E-state index in [0.717, 1.165) is 24.0 Å². The molecule has 1 fully saturated rings. The Hall–Kier alpha value is -1.43. The van der Waals surface area contributed by atoms with Crippen LogP contribution in [-0.4, -0.2) is 19.3 Å². The van der Waals surface area contributed by atoms with E-state index in [2.05, 4.69) is 0 Å². The maximum atomic E-state index is 13.1. The van der Waals surface area contributed by atoms with Crippen LogP contribution in [0.1, 0.15) is 30.0 Å². The van der Waals surface area contributed by atoms with E-state index in [-0.39, 0.29) is 16.8 Å². The van der Waals surface area contributed by atoms with Crippen molar-refractivity contribution in [2.24, 2.45) is 0 Å². The molecule has 23 heavy (non-hydrogen) atoms. The Labute approximate surface area is 140 Å². The van der Waals surface area contributed by atoms with Gasteiger partial charge in [-0.3, -0.25) is 0 Å². The molecule has 3 rings (SSSR count). The molecule has 2 aromatic carbocycles. The molecule has 0 aromatic heterocycles. The third-order valence-electron chi connectivity index (χ3n) is 4.14. The molecular weight excluding hydrogens is 337 g/mol. The van der Waals surface area contributed by atoms with Gasteiger partial charge >= 0.3 is 0 Å². The van der Waals surface area contributed by atoms with Crippen molar-refractivity contribution >= 4 is 21.6 Å². The first kappa shape index (κ1) is 16.4. The van der Waals surface area contributed by atoms with E-state index >= 15 is 0 Å². The summed E-state index contributed by atoms with van der Waals surface area (Å²) in [4.78, 5) is 0.264. The monoisotopic (exact) mass is 353 g/mol. The van der Waals surface area contributed by atoms with Gasteiger partial charge in [0.1, 0.15) is 5.82 Å². The molecule has 2 aromatic rings. The standard InChI is InChI=1S/C17H17ClFNO2S/c18-12-13-3-9-16(10-4-13)23(21,22)20-11-1-2-17(20)14-5-7-15(19)8-6-14/h3-10,17H,1-2,11-12H2/t17-/m0/s1. The molecule has 0 aliphatic carbocycles. The van der Waals surface area contributed by atoms with Gasteiger partial charge in [0, 0.05) is 12.4 Å². The van der Waals surface area contributed by atoms with Crippen molar-refractivity contribution in [2.45, 2.75) is 29.7 Å². The number of nitrogens with zero attached hydrogens (tertiary/aromatic N) is 1. The van der Waals surface area contributed by atoms with Crippen molar-refractivity contribution < 1.29 is 12.8 Å². The minimum atomic E-state index is -3.57. The molecular formula is C17H17ClFNO2S. The first-order valence-corrected chi connectivity index (χ1v) is 9.42. The van der Waals surface area contributed by atoms with Gasteiger partial charge in [0.15, 0.2) is 0 Å². The number of halogens is 2. The summed E-state index contributed by atoms with van der Waals surface area (Å²) < 4.78 is 40.4. The predicted molar refractivity (Wildman–Crippen MR) is 88.3 cm³/mol. The van der Waals surface area contributed by atoms with Crippen LogP contribution in [0.2, 0.25) is 0 Å². The quantitative estimate of drug-likeness (QED) is 0.776. The minimum absolute atomic E-state index is 0.242. The van der Waals surface area contributed by atoms with Crippen LogP contribution in [0.4, 0.5) is 4.39 Å².